The van der Waals surface area contributed by atoms with Gasteiger partial charge in [-0.3, -0.25) is 0 Å². The molecule has 2 aromatic rings. The molecule has 0 atom stereocenters. The largest absolute Gasteiger partial charge is 0.338 e. The first-order valence-corrected chi connectivity index (χ1v) is 5.39. The molecule has 0 fully saturated rings. The third-order valence-electron chi connectivity index (χ3n) is 2.18. The van der Waals surface area contributed by atoms with Crippen LogP contribution in [0.5, 0.6) is 0 Å². The Labute approximate surface area is 99.8 Å². The maximum atomic E-state index is 13.5. The molecular formula is C10H9BrFN3O. The molecule has 0 bridgehead atoms. The molecule has 4 nitrogen and oxygen atoms in total. The molecule has 2 N–H and O–H groups in total. The molecule has 2 rings (SSSR count). The summed E-state index contributed by atoms with van der Waals surface area (Å²) in [4.78, 5) is 4.02. The fourth-order valence-electron chi connectivity index (χ4n) is 1.23. The van der Waals surface area contributed by atoms with Gasteiger partial charge in [0.2, 0.25) is 11.7 Å². The van der Waals surface area contributed by atoms with Crippen LogP contribution in [0.3, 0.4) is 0 Å². The second-order valence-electron chi connectivity index (χ2n) is 3.28. The Morgan fingerprint density at radius 3 is 2.81 bits per heavy atom. The van der Waals surface area contributed by atoms with E-state index in [2.05, 4.69) is 26.1 Å². The van der Waals surface area contributed by atoms with E-state index in [0.717, 1.165) is 0 Å². The van der Waals surface area contributed by atoms with Crippen LogP contribution in [0.2, 0.25) is 0 Å². The van der Waals surface area contributed by atoms with Gasteiger partial charge in [-0.15, -0.1) is 0 Å². The van der Waals surface area contributed by atoms with Gasteiger partial charge in [0.05, 0.1) is 6.54 Å². The molecule has 6 heteroatoms. The number of halogens is 2. The number of benzene rings is 1. The highest BCUT2D eigenvalue weighted by atomic mass is 79.9. The van der Waals surface area contributed by atoms with Crippen LogP contribution in [0.1, 0.15) is 11.5 Å². The van der Waals surface area contributed by atoms with Crippen molar-refractivity contribution in [3.8, 4) is 11.4 Å². The van der Waals surface area contributed by atoms with E-state index in [1.165, 1.54) is 6.07 Å². The number of rotatable bonds is 2. The van der Waals surface area contributed by atoms with Gasteiger partial charge in [-0.1, -0.05) is 21.1 Å². The molecule has 0 spiro atoms. The molecule has 0 aliphatic carbocycles. The highest BCUT2D eigenvalue weighted by Crippen LogP contribution is 2.26. The van der Waals surface area contributed by atoms with Crippen molar-refractivity contribution < 1.29 is 8.91 Å². The first-order chi connectivity index (χ1) is 7.61. The van der Waals surface area contributed by atoms with Gasteiger partial charge >= 0.3 is 0 Å². The summed E-state index contributed by atoms with van der Waals surface area (Å²) in [5.74, 6) is 0.343. The van der Waals surface area contributed by atoms with E-state index in [4.69, 9.17) is 10.3 Å². The van der Waals surface area contributed by atoms with E-state index in [-0.39, 0.29) is 12.4 Å². The van der Waals surface area contributed by atoms with Crippen molar-refractivity contribution in [2.24, 2.45) is 5.73 Å². The number of aromatic nitrogens is 2. The lowest BCUT2D eigenvalue weighted by Gasteiger charge is -2.01. The van der Waals surface area contributed by atoms with Crippen LogP contribution in [0.4, 0.5) is 4.39 Å². The van der Waals surface area contributed by atoms with Gasteiger partial charge in [0.15, 0.2) is 0 Å². The molecule has 1 heterocycles. The number of nitrogens with zero attached hydrogens (tertiary/aromatic N) is 2. The SMILES string of the molecule is Cc1c(F)cc(-c2noc(CN)n2)cc1Br. The van der Waals surface area contributed by atoms with Crippen molar-refractivity contribution in [3.05, 3.63) is 33.9 Å². The Kier molecular flexibility index (Phi) is 3.02. The van der Waals surface area contributed by atoms with Gasteiger partial charge < -0.3 is 10.3 Å². The predicted molar refractivity (Wildman–Crippen MR) is 60.0 cm³/mol. The summed E-state index contributed by atoms with van der Waals surface area (Å²) in [5, 5.41) is 3.72. The fourth-order valence-corrected chi connectivity index (χ4v) is 1.67. The van der Waals surface area contributed by atoms with Crippen LogP contribution in [-0.4, -0.2) is 10.1 Å². The zero-order valence-electron chi connectivity index (χ0n) is 8.50. The quantitative estimate of drug-likeness (QED) is 0.920. The van der Waals surface area contributed by atoms with E-state index >= 15 is 0 Å². The van der Waals surface area contributed by atoms with Gasteiger partial charge in [-0.05, 0) is 24.6 Å². The molecule has 1 aromatic heterocycles. The van der Waals surface area contributed by atoms with Crippen LogP contribution >= 0.6 is 15.9 Å². The smallest absolute Gasteiger partial charge is 0.240 e. The summed E-state index contributed by atoms with van der Waals surface area (Å²) in [6, 6.07) is 3.11. The van der Waals surface area contributed by atoms with Crippen LogP contribution in [0.15, 0.2) is 21.1 Å². The summed E-state index contributed by atoms with van der Waals surface area (Å²) in [5.41, 5.74) is 6.45. The molecule has 0 radical (unpaired) electrons. The maximum absolute atomic E-state index is 13.5. The standard InChI is InChI=1S/C10H9BrFN3O/c1-5-7(11)2-6(3-8(5)12)10-14-9(4-13)16-15-10/h2-3H,4,13H2,1H3. The van der Waals surface area contributed by atoms with E-state index < -0.39 is 0 Å². The van der Waals surface area contributed by atoms with Gasteiger partial charge in [0.1, 0.15) is 5.82 Å². The van der Waals surface area contributed by atoms with E-state index in [0.29, 0.717) is 27.3 Å². The third-order valence-corrected chi connectivity index (χ3v) is 3.01. The molecule has 0 aliphatic rings. The normalized spacial score (nSPS) is 10.8. The summed E-state index contributed by atoms with van der Waals surface area (Å²) < 4.78 is 19.0. The first-order valence-electron chi connectivity index (χ1n) is 4.60. The van der Waals surface area contributed by atoms with Crippen LogP contribution in [0, 0.1) is 12.7 Å². The van der Waals surface area contributed by atoms with Gasteiger partial charge in [-0.2, -0.15) is 4.98 Å². The van der Waals surface area contributed by atoms with E-state index in [1.807, 2.05) is 0 Å². The highest BCUT2D eigenvalue weighted by molar-refractivity contribution is 9.10. The Morgan fingerprint density at radius 1 is 1.50 bits per heavy atom. The molecule has 0 saturated heterocycles. The minimum Gasteiger partial charge on any atom is -0.338 e. The van der Waals surface area contributed by atoms with Crippen molar-refractivity contribution >= 4 is 15.9 Å². The zero-order chi connectivity index (χ0) is 11.7. The first kappa shape index (κ1) is 11.2. The van der Waals surface area contributed by atoms with Gasteiger partial charge in [-0.25, -0.2) is 4.39 Å². The Balaban J connectivity index is 2.48. The van der Waals surface area contributed by atoms with Crippen molar-refractivity contribution in [1.29, 1.82) is 0 Å². The van der Waals surface area contributed by atoms with Crippen molar-refractivity contribution in [1.82, 2.24) is 10.1 Å². The average molecular weight is 286 g/mol. The van der Waals surface area contributed by atoms with Crippen LogP contribution in [0.25, 0.3) is 11.4 Å². The summed E-state index contributed by atoms with van der Waals surface area (Å²) in [7, 11) is 0. The summed E-state index contributed by atoms with van der Waals surface area (Å²) in [6.45, 7) is 1.85. The number of nitrogens with two attached hydrogens (primary N) is 1. The Bertz CT molecular complexity index is 504. The molecule has 0 saturated carbocycles. The van der Waals surface area contributed by atoms with Crippen LogP contribution < -0.4 is 5.73 Å². The molecule has 1 aromatic carbocycles. The highest BCUT2D eigenvalue weighted by Gasteiger charge is 2.11. The van der Waals surface area contributed by atoms with Crippen LogP contribution in [-0.2, 0) is 6.54 Å². The summed E-state index contributed by atoms with van der Waals surface area (Å²) in [6.07, 6.45) is 0. The van der Waals surface area contributed by atoms with E-state index in [1.54, 1.807) is 13.0 Å². The molecular weight excluding hydrogens is 277 g/mol. The molecule has 0 amide bonds. The minimum absolute atomic E-state index is 0.169. The van der Waals surface area contributed by atoms with Gasteiger partial charge in [0, 0.05) is 10.0 Å². The minimum atomic E-state index is -0.316. The lowest BCUT2D eigenvalue weighted by atomic mass is 10.1. The topological polar surface area (TPSA) is 64.9 Å². The Morgan fingerprint density at radius 2 is 2.25 bits per heavy atom. The fraction of sp³-hybridized carbons (Fsp3) is 0.200. The number of hydrogen-bond acceptors (Lipinski definition) is 4. The predicted octanol–water partition coefficient (Wildman–Crippen LogP) is 2.41. The molecule has 84 valence electrons. The molecule has 0 aliphatic heterocycles. The number of hydrogen-bond donors (Lipinski definition) is 1. The van der Waals surface area contributed by atoms with Crippen molar-refractivity contribution in [3.63, 3.8) is 0 Å². The second kappa shape index (κ2) is 4.31. The third kappa shape index (κ3) is 1.98. The monoisotopic (exact) mass is 285 g/mol. The van der Waals surface area contributed by atoms with Crippen molar-refractivity contribution in [2.75, 3.05) is 0 Å². The molecule has 0 unspecified atom stereocenters. The van der Waals surface area contributed by atoms with Crippen molar-refractivity contribution in [2.45, 2.75) is 13.5 Å². The lowest BCUT2D eigenvalue weighted by molar-refractivity contribution is 0.380. The Hall–Kier alpha value is -1.27. The summed E-state index contributed by atoms with van der Waals surface area (Å²) >= 11 is 3.27. The van der Waals surface area contributed by atoms with E-state index in [9.17, 15) is 4.39 Å². The average Bonchev–Trinajstić information content (AvgIpc) is 2.73. The zero-order valence-corrected chi connectivity index (χ0v) is 10.1. The maximum Gasteiger partial charge on any atom is 0.240 e. The second-order valence-corrected chi connectivity index (χ2v) is 4.14. The van der Waals surface area contributed by atoms with Gasteiger partial charge in [0.25, 0.3) is 0 Å². The molecule has 16 heavy (non-hydrogen) atoms. The lowest BCUT2D eigenvalue weighted by Crippen LogP contribution is -1.95.